The SMILES string of the molecule is CCCN(CCC)CCC(O)c1ccc(OCC(C)C)c(N)c1. The van der Waals surface area contributed by atoms with Crippen molar-refractivity contribution in [2.75, 3.05) is 32.0 Å². The van der Waals surface area contributed by atoms with Gasteiger partial charge in [0, 0.05) is 6.54 Å². The lowest BCUT2D eigenvalue weighted by atomic mass is 10.0. The van der Waals surface area contributed by atoms with Crippen LogP contribution in [-0.2, 0) is 0 Å². The largest absolute Gasteiger partial charge is 0.491 e. The molecular formula is C19H34N2O2. The van der Waals surface area contributed by atoms with Crippen LogP contribution in [0.15, 0.2) is 18.2 Å². The minimum Gasteiger partial charge on any atom is -0.491 e. The van der Waals surface area contributed by atoms with Gasteiger partial charge in [-0.05, 0) is 56.0 Å². The number of aliphatic hydroxyl groups is 1. The molecule has 1 atom stereocenters. The number of rotatable bonds is 11. The Morgan fingerprint density at radius 1 is 1.13 bits per heavy atom. The Morgan fingerprint density at radius 2 is 1.78 bits per heavy atom. The smallest absolute Gasteiger partial charge is 0.142 e. The highest BCUT2D eigenvalue weighted by molar-refractivity contribution is 5.54. The molecule has 0 fully saturated rings. The van der Waals surface area contributed by atoms with Crippen LogP contribution in [0.5, 0.6) is 5.75 Å². The zero-order valence-electron chi connectivity index (χ0n) is 15.2. The third kappa shape index (κ3) is 7.23. The van der Waals surface area contributed by atoms with Crippen LogP contribution in [0.25, 0.3) is 0 Å². The van der Waals surface area contributed by atoms with Crippen LogP contribution in [0.4, 0.5) is 5.69 Å². The van der Waals surface area contributed by atoms with Crippen LogP contribution in [0.3, 0.4) is 0 Å². The molecule has 4 heteroatoms. The van der Waals surface area contributed by atoms with Crippen molar-refractivity contribution in [3.63, 3.8) is 0 Å². The summed E-state index contributed by atoms with van der Waals surface area (Å²) in [6.45, 7) is 12.3. The zero-order valence-corrected chi connectivity index (χ0v) is 15.2. The van der Waals surface area contributed by atoms with Crippen molar-refractivity contribution in [2.45, 2.75) is 53.1 Å². The van der Waals surface area contributed by atoms with Crippen molar-refractivity contribution in [2.24, 2.45) is 5.92 Å². The number of anilines is 1. The number of hydrogen-bond acceptors (Lipinski definition) is 4. The number of ether oxygens (including phenoxy) is 1. The first-order chi connectivity index (χ1) is 11.0. The van der Waals surface area contributed by atoms with E-state index in [-0.39, 0.29) is 0 Å². The van der Waals surface area contributed by atoms with Gasteiger partial charge in [-0.2, -0.15) is 0 Å². The number of nitrogens with zero attached hydrogens (tertiary/aromatic N) is 1. The maximum Gasteiger partial charge on any atom is 0.142 e. The van der Waals surface area contributed by atoms with Crippen molar-refractivity contribution < 1.29 is 9.84 Å². The van der Waals surface area contributed by atoms with E-state index in [1.165, 1.54) is 0 Å². The van der Waals surface area contributed by atoms with Crippen LogP contribution in [-0.4, -0.2) is 36.2 Å². The van der Waals surface area contributed by atoms with Gasteiger partial charge < -0.3 is 20.5 Å². The lowest BCUT2D eigenvalue weighted by Crippen LogP contribution is -2.27. The first-order valence-corrected chi connectivity index (χ1v) is 8.90. The second kappa shape index (κ2) is 10.5. The van der Waals surface area contributed by atoms with Crippen LogP contribution >= 0.6 is 0 Å². The van der Waals surface area contributed by atoms with E-state index >= 15 is 0 Å². The lowest BCUT2D eigenvalue weighted by molar-refractivity contribution is 0.141. The van der Waals surface area contributed by atoms with Gasteiger partial charge in [-0.15, -0.1) is 0 Å². The molecule has 1 aromatic rings. The highest BCUT2D eigenvalue weighted by atomic mass is 16.5. The van der Waals surface area contributed by atoms with Gasteiger partial charge in [0.05, 0.1) is 18.4 Å². The molecule has 0 saturated heterocycles. The third-order valence-corrected chi connectivity index (χ3v) is 3.79. The van der Waals surface area contributed by atoms with E-state index in [0.717, 1.165) is 44.5 Å². The van der Waals surface area contributed by atoms with E-state index in [1.54, 1.807) is 0 Å². The molecular weight excluding hydrogens is 288 g/mol. The second-order valence-electron chi connectivity index (χ2n) is 6.65. The molecule has 0 radical (unpaired) electrons. The number of hydrogen-bond donors (Lipinski definition) is 2. The second-order valence-corrected chi connectivity index (χ2v) is 6.65. The third-order valence-electron chi connectivity index (χ3n) is 3.79. The number of nitrogens with two attached hydrogens (primary N) is 1. The van der Waals surface area contributed by atoms with Gasteiger partial charge in [-0.1, -0.05) is 33.8 Å². The molecule has 0 spiro atoms. The lowest BCUT2D eigenvalue weighted by Gasteiger charge is -2.23. The minimum absolute atomic E-state index is 0.461. The summed E-state index contributed by atoms with van der Waals surface area (Å²) in [7, 11) is 0. The molecule has 4 nitrogen and oxygen atoms in total. The average molecular weight is 322 g/mol. The fraction of sp³-hybridized carbons (Fsp3) is 0.684. The fourth-order valence-electron chi connectivity index (χ4n) is 2.60. The topological polar surface area (TPSA) is 58.7 Å². The van der Waals surface area contributed by atoms with Gasteiger partial charge in [0.2, 0.25) is 0 Å². The Hall–Kier alpha value is -1.26. The van der Waals surface area contributed by atoms with E-state index in [0.29, 0.717) is 24.0 Å². The molecule has 0 saturated carbocycles. The quantitative estimate of drug-likeness (QED) is 0.608. The summed E-state index contributed by atoms with van der Waals surface area (Å²) in [6, 6.07) is 5.62. The average Bonchev–Trinajstić information content (AvgIpc) is 2.51. The maximum atomic E-state index is 10.4. The number of aliphatic hydroxyl groups excluding tert-OH is 1. The first kappa shape index (κ1) is 19.8. The molecule has 132 valence electrons. The molecule has 0 amide bonds. The summed E-state index contributed by atoms with van der Waals surface area (Å²) in [5.41, 5.74) is 7.52. The van der Waals surface area contributed by atoms with Crippen molar-refractivity contribution in [3.05, 3.63) is 23.8 Å². The molecule has 0 aliphatic rings. The van der Waals surface area contributed by atoms with E-state index in [2.05, 4.69) is 32.6 Å². The van der Waals surface area contributed by atoms with E-state index in [9.17, 15) is 5.11 Å². The number of benzene rings is 1. The Bertz CT molecular complexity index is 443. The first-order valence-electron chi connectivity index (χ1n) is 8.90. The van der Waals surface area contributed by atoms with Gasteiger partial charge in [0.15, 0.2) is 0 Å². The highest BCUT2D eigenvalue weighted by Gasteiger charge is 2.12. The van der Waals surface area contributed by atoms with Gasteiger partial charge in [-0.25, -0.2) is 0 Å². The summed E-state index contributed by atoms with van der Waals surface area (Å²) in [5, 5.41) is 10.4. The van der Waals surface area contributed by atoms with Crippen LogP contribution in [0.1, 0.15) is 58.6 Å². The van der Waals surface area contributed by atoms with Gasteiger partial charge in [0.1, 0.15) is 5.75 Å². The van der Waals surface area contributed by atoms with Gasteiger partial charge in [0.25, 0.3) is 0 Å². The fourth-order valence-corrected chi connectivity index (χ4v) is 2.60. The van der Waals surface area contributed by atoms with Crippen molar-refractivity contribution in [1.29, 1.82) is 0 Å². The molecule has 0 bridgehead atoms. The minimum atomic E-state index is -0.479. The summed E-state index contributed by atoms with van der Waals surface area (Å²) < 4.78 is 5.68. The summed E-state index contributed by atoms with van der Waals surface area (Å²) in [6.07, 6.45) is 2.54. The normalized spacial score (nSPS) is 12.8. The van der Waals surface area contributed by atoms with E-state index < -0.39 is 6.10 Å². The molecule has 0 aliphatic carbocycles. The van der Waals surface area contributed by atoms with Gasteiger partial charge >= 0.3 is 0 Å². The molecule has 0 aliphatic heterocycles. The van der Waals surface area contributed by atoms with E-state index in [4.69, 9.17) is 10.5 Å². The van der Waals surface area contributed by atoms with Crippen molar-refractivity contribution in [1.82, 2.24) is 4.90 Å². The standard InChI is InChI=1S/C19H34N2O2/c1-5-10-21(11-6-2)12-9-18(22)16-7-8-19(17(20)13-16)23-14-15(3)4/h7-8,13,15,18,22H,5-6,9-12,14,20H2,1-4H3. The summed E-state index contributed by atoms with van der Waals surface area (Å²) in [4.78, 5) is 2.41. The molecule has 0 aromatic heterocycles. The predicted octanol–water partition coefficient (Wildman–Crippen LogP) is 3.85. The van der Waals surface area contributed by atoms with Crippen LogP contribution in [0.2, 0.25) is 0 Å². The number of nitrogen functional groups attached to an aromatic ring is 1. The highest BCUT2D eigenvalue weighted by Crippen LogP contribution is 2.27. The molecule has 1 rings (SSSR count). The maximum absolute atomic E-state index is 10.4. The molecule has 0 heterocycles. The Balaban J connectivity index is 2.58. The molecule has 23 heavy (non-hydrogen) atoms. The van der Waals surface area contributed by atoms with Crippen LogP contribution in [0, 0.1) is 5.92 Å². The van der Waals surface area contributed by atoms with E-state index in [1.807, 2.05) is 18.2 Å². The van der Waals surface area contributed by atoms with Crippen molar-refractivity contribution in [3.8, 4) is 5.75 Å². The molecule has 1 aromatic carbocycles. The molecule has 3 N–H and O–H groups in total. The molecule has 1 unspecified atom stereocenters. The zero-order chi connectivity index (χ0) is 17.2. The summed E-state index contributed by atoms with van der Waals surface area (Å²) >= 11 is 0. The summed E-state index contributed by atoms with van der Waals surface area (Å²) in [5.74, 6) is 1.16. The van der Waals surface area contributed by atoms with Crippen molar-refractivity contribution >= 4 is 5.69 Å². The Kier molecular flexibility index (Phi) is 9.03. The predicted molar refractivity (Wildman–Crippen MR) is 97.8 cm³/mol. The Morgan fingerprint density at radius 3 is 2.30 bits per heavy atom. The Labute approximate surface area is 141 Å². The monoisotopic (exact) mass is 322 g/mol. The van der Waals surface area contributed by atoms with Crippen LogP contribution < -0.4 is 10.5 Å². The van der Waals surface area contributed by atoms with Gasteiger partial charge in [-0.3, -0.25) is 0 Å².